The van der Waals surface area contributed by atoms with Crippen LogP contribution < -0.4 is 15.4 Å². The Morgan fingerprint density at radius 2 is 1.84 bits per heavy atom. The second-order valence-electron chi connectivity index (χ2n) is 15.1. The van der Waals surface area contributed by atoms with E-state index in [4.69, 9.17) is 25.4 Å². The maximum atomic E-state index is 16.8. The van der Waals surface area contributed by atoms with Crippen LogP contribution in [-0.2, 0) is 4.74 Å². The summed E-state index contributed by atoms with van der Waals surface area (Å²) in [5, 5.41) is 11.8. The van der Waals surface area contributed by atoms with Gasteiger partial charge in [-0.3, -0.25) is 9.88 Å². The van der Waals surface area contributed by atoms with Crippen molar-refractivity contribution in [2.24, 2.45) is 11.7 Å². The number of halogens is 1. The van der Waals surface area contributed by atoms with E-state index in [2.05, 4.69) is 21.5 Å². The van der Waals surface area contributed by atoms with Crippen LogP contribution >= 0.6 is 0 Å². The number of primary amides is 1. The third kappa shape index (κ3) is 8.25. The Labute approximate surface area is 299 Å². The van der Waals surface area contributed by atoms with Gasteiger partial charge in [0.15, 0.2) is 5.82 Å². The lowest BCUT2D eigenvalue weighted by Crippen LogP contribution is -2.43. The first kappa shape index (κ1) is 36.4. The SMILES string of the molecule is CC(C)(C)OC(N)=O.CC1CCCN(c2nc(OCC34CCCN3CCC4)nc3c(F)c(-c4cccc5cccc(/C=C/CCO)c45)ncc23)C1. The molecule has 1 unspecified atom stereocenters. The number of benzene rings is 2. The zero-order valence-corrected chi connectivity index (χ0v) is 30.3. The fraction of sp³-hybridized carbons (Fsp3) is 0.500. The van der Waals surface area contributed by atoms with Crippen molar-refractivity contribution in [1.29, 1.82) is 0 Å². The molecule has 1 atom stereocenters. The molecule has 3 aliphatic rings. The maximum absolute atomic E-state index is 16.8. The first-order valence-electron chi connectivity index (χ1n) is 18.2. The van der Waals surface area contributed by atoms with Gasteiger partial charge in [0.25, 0.3) is 0 Å². The van der Waals surface area contributed by atoms with Crippen molar-refractivity contribution in [2.75, 3.05) is 44.3 Å². The zero-order chi connectivity index (χ0) is 36.2. The molecule has 11 heteroatoms. The number of rotatable bonds is 8. The maximum Gasteiger partial charge on any atom is 0.405 e. The standard InChI is InChI=1S/C35H40FN5O2.C5H11NO2/c1-24-9-6-17-40(22-24)33-28-21-37-31(27-14-5-13-26-12-4-11-25(29(26)27)10-2-3-20-42)30(36)32(28)38-34(39-33)43-23-35-15-7-18-41(35)19-8-16-35;1-5(2,3)8-4(6)7/h2,4-5,10-14,21,24,42H,3,6-9,15-20,22-23H2,1H3;1-3H3,(H2,6,7)/b10-2+;. The summed E-state index contributed by atoms with van der Waals surface area (Å²) < 4.78 is 27.8. The van der Waals surface area contributed by atoms with E-state index in [-0.39, 0.29) is 29.4 Å². The highest BCUT2D eigenvalue weighted by Gasteiger charge is 2.45. The quantitative estimate of drug-likeness (QED) is 0.192. The van der Waals surface area contributed by atoms with Gasteiger partial charge >= 0.3 is 12.1 Å². The lowest BCUT2D eigenvalue weighted by Gasteiger charge is -2.33. The molecule has 0 aliphatic carbocycles. The molecule has 10 nitrogen and oxygen atoms in total. The van der Waals surface area contributed by atoms with E-state index >= 15 is 4.39 Å². The number of aliphatic hydroxyl groups excluding tert-OH is 1. The predicted octanol–water partition coefficient (Wildman–Crippen LogP) is 7.50. The number of pyridine rings is 1. The summed E-state index contributed by atoms with van der Waals surface area (Å²) >= 11 is 0. The Kier molecular flexibility index (Phi) is 11.1. The third-order valence-corrected chi connectivity index (χ3v) is 10.1. The van der Waals surface area contributed by atoms with E-state index in [1.807, 2.05) is 48.6 Å². The van der Waals surface area contributed by atoms with Crippen LogP contribution in [0, 0.1) is 11.7 Å². The van der Waals surface area contributed by atoms with Gasteiger partial charge in [0.2, 0.25) is 0 Å². The first-order chi connectivity index (χ1) is 24.5. The number of carbonyl (C=O) groups is 1. The molecule has 0 radical (unpaired) electrons. The molecule has 2 aromatic carbocycles. The van der Waals surface area contributed by atoms with Gasteiger partial charge in [-0.2, -0.15) is 9.97 Å². The number of hydrogen-bond donors (Lipinski definition) is 2. The van der Waals surface area contributed by atoms with Crippen molar-refractivity contribution >= 4 is 39.7 Å². The van der Waals surface area contributed by atoms with Crippen molar-refractivity contribution < 1.29 is 23.8 Å². The lowest BCUT2D eigenvalue weighted by molar-refractivity contribution is 0.0600. The minimum atomic E-state index is -0.725. The molecule has 5 heterocycles. The Bertz CT molecular complexity index is 1880. The highest BCUT2D eigenvalue weighted by molar-refractivity contribution is 6.03. The van der Waals surface area contributed by atoms with Gasteiger partial charge in [-0.1, -0.05) is 55.5 Å². The smallest absolute Gasteiger partial charge is 0.405 e. The average Bonchev–Trinajstić information content (AvgIpc) is 3.67. The molecule has 3 aliphatic heterocycles. The molecule has 2 aromatic heterocycles. The number of aliphatic hydroxyl groups is 1. The monoisotopic (exact) mass is 698 g/mol. The van der Waals surface area contributed by atoms with Crippen LogP contribution in [0.1, 0.15) is 78.2 Å². The van der Waals surface area contributed by atoms with Crippen molar-refractivity contribution in [3.8, 4) is 17.3 Å². The molecule has 4 aromatic rings. The van der Waals surface area contributed by atoms with Crippen molar-refractivity contribution in [3.05, 3.63) is 60.1 Å². The minimum absolute atomic E-state index is 0.0446. The molecular formula is C40H51FN6O4. The molecule has 272 valence electrons. The second-order valence-corrected chi connectivity index (χ2v) is 15.1. The van der Waals surface area contributed by atoms with Crippen LogP contribution in [0.25, 0.3) is 39.0 Å². The average molecular weight is 699 g/mol. The Hall–Kier alpha value is -4.35. The highest BCUT2D eigenvalue weighted by atomic mass is 19.1. The van der Waals surface area contributed by atoms with E-state index in [9.17, 15) is 9.90 Å². The van der Waals surface area contributed by atoms with Gasteiger partial charge in [0, 0.05) is 31.5 Å². The van der Waals surface area contributed by atoms with Crippen molar-refractivity contribution in [1.82, 2.24) is 19.9 Å². The molecule has 51 heavy (non-hydrogen) atoms. The normalized spacial score (nSPS) is 18.9. The number of nitrogens with two attached hydrogens (primary N) is 1. The summed E-state index contributed by atoms with van der Waals surface area (Å²) in [7, 11) is 0. The molecule has 0 spiro atoms. The predicted molar refractivity (Wildman–Crippen MR) is 200 cm³/mol. The highest BCUT2D eigenvalue weighted by Crippen LogP contribution is 2.40. The number of aromatic nitrogens is 3. The van der Waals surface area contributed by atoms with Crippen LogP contribution in [0.5, 0.6) is 6.01 Å². The Morgan fingerprint density at radius 1 is 1.10 bits per heavy atom. The van der Waals surface area contributed by atoms with E-state index in [1.165, 1.54) is 19.3 Å². The molecule has 3 N–H and O–H groups in total. The third-order valence-electron chi connectivity index (χ3n) is 10.1. The number of ether oxygens (including phenoxy) is 2. The van der Waals surface area contributed by atoms with Gasteiger partial charge < -0.3 is 25.2 Å². The molecule has 3 fully saturated rings. The molecule has 3 saturated heterocycles. The topological polar surface area (TPSA) is 127 Å². The number of carbonyl (C=O) groups excluding carboxylic acids is 1. The molecule has 0 saturated carbocycles. The fourth-order valence-corrected chi connectivity index (χ4v) is 7.85. The number of amides is 1. The number of fused-ring (bicyclic) bond motifs is 3. The van der Waals surface area contributed by atoms with Crippen LogP contribution in [0.4, 0.5) is 15.0 Å². The van der Waals surface area contributed by atoms with Crippen LogP contribution in [0.2, 0.25) is 0 Å². The number of hydrogen-bond acceptors (Lipinski definition) is 9. The van der Waals surface area contributed by atoms with E-state index in [0.29, 0.717) is 35.7 Å². The second kappa shape index (κ2) is 15.5. The van der Waals surface area contributed by atoms with Gasteiger partial charge in [-0.15, -0.1) is 0 Å². The molecule has 7 rings (SSSR count). The van der Waals surface area contributed by atoms with Gasteiger partial charge in [0.1, 0.15) is 29.2 Å². The fourth-order valence-electron chi connectivity index (χ4n) is 7.85. The summed E-state index contributed by atoms with van der Waals surface area (Å²) in [6, 6.07) is 12.2. The van der Waals surface area contributed by atoms with Crippen LogP contribution in [0.3, 0.4) is 0 Å². The molecule has 0 bridgehead atoms. The van der Waals surface area contributed by atoms with Crippen molar-refractivity contribution in [3.63, 3.8) is 0 Å². The van der Waals surface area contributed by atoms with Crippen LogP contribution in [0.15, 0.2) is 48.7 Å². The minimum Gasteiger partial charge on any atom is -0.461 e. The van der Waals surface area contributed by atoms with Gasteiger partial charge in [-0.05, 0) is 101 Å². The van der Waals surface area contributed by atoms with E-state index in [1.54, 1.807) is 27.0 Å². The van der Waals surface area contributed by atoms with Gasteiger partial charge in [0.05, 0.1) is 10.9 Å². The van der Waals surface area contributed by atoms with E-state index < -0.39 is 17.5 Å². The summed E-state index contributed by atoms with van der Waals surface area (Å²) in [6.45, 7) is 12.1. The van der Waals surface area contributed by atoms with E-state index in [0.717, 1.165) is 61.8 Å². The van der Waals surface area contributed by atoms with Gasteiger partial charge in [-0.25, -0.2) is 9.18 Å². The largest absolute Gasteiger partial charge is 0.461 e. The summed E-state index contributed by atoms with van der Waals surface area (Å²) in [5.74, 6) is 0.777. The molecule has 1 amide bonds. The van der Waals surface area contributed by atoms with Crippen molar-refractivity contribution in [2.45, 2.75) is 83.8 Å². The van der Waals surface area contributed by atoms with Crippen LogP contribution in [-0.4, -0.2) is 81.6 Å². The lowest BCUT2D eigenvalue weighted by atomic mass is 9.95. The number of anilines is 1. The summed E-state index contributed by atoms with van der Waals surface area (Å²) in [5.41, 5.74) is 6.49. The first-order valence-corrected chi connectivity index (χ1v) is 18.2. The number of nitrogens with zero attached hydrogens (tertiary/aromatic N) is 5. The Balaban J connectivity index is 0.000000503. The molecular weight excluding hydrogens is 647 g/mol. The summed E-state index contributed by atoms with van der Waals surface area (Å²) in [4.78, 5) is 29.2. The Morgan fingerprint density at radius 3 is 2.51 bits per heavy atom. The summed E-state index contributed by atoms with van der Waals surface area (Å²) in [6.07, 6.45) is 12.3. The zero-order valence-electron chi connectivity index (χ0n) is 30.3. The number of piperidine rings is 1.